The van der Waals surface area contributed by atoms with Gasteiger partial charge in [0.05, 0.1) is 17.7 Å². The Morgan fingerprint density at radius 1 is 1.21 bits per heavy atom. The summed E-state index contributed by atoms with van der Waals surface area (Å²) in [6, 6.07) is 13.9. The Morgan fingerprint density at radius 2 is 1.90 bits per heavy atom. The molecule has 0 aromatic heterocycles. The van der Waals surface area contributed by atoms with Gasteiger partial charge in [0, 0.05) is 16.9 Å². The van der Waals surface area contributed by atoms with E-state index in [1.807, 2.05) is 6.07 Å². The number of alkyl halides is 3. The molecule has 2 aromatic rings. The molecule has 1 N–H and O–H groups in total. The predicted octanol–water partition coefficient (Wildman–Crippen LogP) is 4.19. The van der Waals surface area contributed by atoms with E-state index in [9.17, 15) is 23.2 Å². The number of rotatable bonds is 4. The molecule has 1 heterocycles. The van der Waals surface area contributed by atoms with Gasteiger partial charge >= 0.3 is 5.51 Å². The molecule has 0 fully saturated rings. The Labute approximate surface area is 169 Å². The van der Waals surface area contributed by atoms with Gasteiger partial charge in [0.25, 0.3) is 5.91 Å². The summed E-state index contributed by atoms with van der Waals surface area (Å²) in [4.78, 5) is 12.5. The fourth-order valence-corrected chi connectivity index (χ4v) is 3.48. The first kappa shape index (κ1) is 20.6. The Balaban J connectivity index is 1.73. The van der Waals surface area contributed by atoms with Crippen molar-refractivity contribution in [3.05, 3.63) is 59.2 Å². The molecule has 1 aliphatic rings. The standard InChI is InChI=1S/C20H14F3N3O2S/c1-19(11-25,17-9-14-8-12(10-24)2-7-16(14)28-17)26-18(27)13-3-5-15(6-4-13)29-20(21,22)23/h2-8,17H,9H2,1H3,(H,26,27)/t17-,19+/m1/s1. The van der Waals surface area contributed by atoms with Crippen molar-refractivity contribution in [2.45, 2.75) is 35.4 Å². The number of amides is 1. The van der Waals surface area contributed by atoms with Crippen LogP contribution in [0.5, 0.6) is 5.75 Å². The zero-order valence-electron chi connectivity index (χ0n) is 15.1. The van der Waals surface area contributed by atoms with Gasteiger partial charge in [-0.15, -0.1) is 0 Å². The Kier molecular flexibility index (Phi) is 5.45. The molecule has 0 unspecified atom stereocenters. The van der Waals surface area contributed by atoms with E-state index in [-0.39, 0.29) is 22.2 Å². The summed E-state index contributed by atoms with van der Waals surface area (Å²) in [5.41, 5.74) is -4.45. The van der Waals surface area contributed by atoms with Crippen LogP contribution in [0.25, 0.3) is 0 Å². The molecule has 0 spiro atoms. The number of nitrogens with zero attached hydrogens (tertiary/aromatic N) is 2. The summed E-state index contributed by atoms with van der Waals surface area (Å²) in [5.74, 6) is -0.0619. The second-order valence-corrected chi connectivity index (χ2v) is 7.72. The number of ether oxygens (including phenoxy) is 1. The maximum Gasteiger partial charge on any atom is 0.446 e. The van der Waals surface area contributed by atoms with Crippen molar-refractivity contribution >= 4 is 17.7 Å². The summed E-state index contributed by atoms with van der Waals surface area (Å²) < 4.78 is 43.1. The van der Waals surface area contributed by atoms with Crippen LogP contribution in [0.15, 0.2) is 47.4 Å². The molecule has 9 heteroatoms. The lowest BCUT2D eigenvalue weighted by Gasteiger charge is -2.29. The first-order valence-corrected chi connectivity index (χ1v) is 9.24. The maximum atomic E-state index is 12.6. The van der Waals surface area contributed by atoms with Crippen molar-refractivity contribution in [1.29, 1.82) is 10.5 Å². The van der Waals surface area contributed by atoms with E-state index in [1.54, 1.807) is 18.2 Å². The number of halogens is 3. The van der Waals surface area contributed by atoms with Crippen LogP contribution in [0, 0.1) is 22.7 Å². The van der Waals surface area contributed by atoms with Crippen LogP contribution < -0.4 is 10.1 Å². The molecule has 0 aliphatic carbocycles. The zero-order chi connectivity index (χ0) is 21.2. The highest BCUT2D eigenvalue weighted by atomic mass is 32.2. The zero-order valence-corrected chi connectivity index (χ0v) is 15.9. The van der Waals surface area contributed by atoms with E-state index in [0.29, 0.717) is 17.7 Å². The van der Waals surface area contributed by atoms with E-state index < -0.39 is 23.1 Å². The van der Waals surface area contributed by atoms with Gasteiger partial charge in [0.15, 0.2) is 5.54 Å². The largest absolute Gasteiger partial charge is 0.486 e. The van der Waals surface area contributed by atoms with Gasteiger partial charge in [-0.25, -0.2) is 0 Å². The van der Waals surface area contributed by atoms with E-state index >= 15 is 0 Å². The summed E-state index contributed by atoms with van der Waals surface area (Å²) in [7, 11) is 0. The molecule has 5 nitrogen and oxygen atoms in total. The number of hydrogen-bond acceptors (Lipinski definition) is 5. The van der Waals surface area contributed by atoms with Gasteiger partial charge < -0.3 is 10.1 Å². The Bertz CT molecular complexity index is 1030. The van der Waals surface area contributed by atoms with Gasteiger partial charge in [-0.2, -0.15) is 23.7 Å². The smallest absolute Gasteiger partial charge is 0.446 e. The molecule has 0 bridgehead atoms. The van der Waals surface area contributed by atoms with Gasteiger partial charge in [-0.3, -0.25) is 4.79 Å². The van der Waals surface area contributed by atoms with E-state index in [4.69, 9.17) is 10.00 Å². The summed E-state index contributed by atoms with van der Waals surface area (Å²) in [6.07, 6.45) is -0.350. The lowest BCUT2D eigenvalue weighted by atomic mass is 9.92. The molecule has 0 radical (unpaired) electrons. The van der Waals surface area contributed by atoms with E-state index in [2.05, 4.69) is 11.4 Å². The predicted molar refractivity (Wildman–Crippen MR) is 99.1 cm³/mol. The number of benzene rings is 2. The molecular formula is C20H14F3N3O2S. The SMILES string of the molecule is C[C@@](C#N)(NC(=O)c1ccc(SC(F)(F)F)cc1)[C@H]1Cc2cc(C#N)ccc2O1. The van der Waals surface area contributed by atoms with Gasteiger partial charge in [0.1, 0.15) is 11.9 Å². The number of fused-ring (bicyclic) bond motifs is 1. The molecule has 0 saturated carbocycles. The second-order valence-electron chi connectivity index (χ2n) is 6.59. The van der Waals surface area contributed by atoms with Crippen LogP contribution in [-0.4, -0.2) is 23.1 Å². The van der Waals surface area contributed by atoms with Crippen molar-refractivity contribution in [3.63, 3.8) is 0 Å². The molecule has 0 saturated heterocycles. The average molecular weight is 417 g/mol. The maximum absolute atomic E-state index is 12.6. The molecule has 3 rings (SSSR count). The fraction of sp³-hybridized carbons (Fsp3) is 0.250. The van der Waals surface area contributed by atoms with Crippen molar-refractivity contribution in [3.8, 4) is 17.9 Å². The molecule has 2 atom stereocenters. The van der Waals surface area contributed by atoms with E-state index in [1.165, 1.54) is 31.2 Å². The quantitative estimate of drug-likeness (QED) is 0.754. The number of nitrogens with one attached hydrogen (secondary N) is 1. The highest BCUT2D eigenvalue weighted by molar-refractivity contribution is 8.00. The minimum Gasteiger partial charge on any atom is -0.486 e. The average Bonchev–Trinajstić information content (AvgIpc) is 3.11. The molecule has 148 valence electrons. The normalized spacial score (nSPS) is 17.2. The van der Waals surface area contributed by atoms with Crippen LogP contribution in [0.4, 0.5) is 13.2 Å². The summed E-state index contributed by atoms with van der Waals surface area (Å²) in [5, 5.41) is 21.3. The highest BCUT2D eigenvalue weighted by Crippen LogP contribution is 2.37. The monoisotopic (exact) mass is 417 g/mol. The fourth-order valence-electron chi connectivity index (χ4n) is 2.94. The van der Waals surface area contributed by atoms with Crippen LogP contribution in [0.2, 0.25) is 0 Å². The molecule has 2 aromatic carbocycles. The van der Waals surface area contributed by atoms with Crippen LogP contribution >= 0.6 is 11.8 Å². The number of hydrogen-bond donors (Lipinski definition) is 1. The number of thioether (sulfide) groups is 1. The van der Waals surface area contributed by atoms with E-state index in [0.717, 1.165) is 5.56 Å². The molecule has 29 heavy (non-hydrogen) atoms. The van der Waals surface area contributed by atoms with Gasteiger partial charge in [-0.1, -0.05) is 0 Å². The van der Waals surface area contributed by atoms with Crippen molar-refractivity contribution in [2.24, 2.45) is 0 Å². The second kappa shape index (κ2) is 7.69. The lowest BCUT2D eigenvalue weighted by molar-refractivity contribution is -0.0328. The number of carbonyl (C=O) groups is 1. The summed E-state index contributed by atoms with van der Waals surface area (Å²) in [6.45, 7) is 1.51. The molecule has 1 amide bonds. The first-order valence-electron chi connectivity index (χ1n) is 8.43. The topological polar surface area (TPSA) is 85.9 Å². The van der Waals surface area contributed by atoms with Crippen molar-refractivity contribution in [1.82, 2.24) is 5.32 Å². The minimum atomic E-state index is -4.41. The summed E-state index contributed by atoms with van der Waals surface area (Å²) >= 11 is -0.272. The number of carbonyl (C=O) groups excluding carboxylic acids is 1. The van der Waals surface area contributed by atoms with Crippen molar-refractivity contribution < 1.29 is 22.7 Å². The van der Waals surface area contributed by atoms with Gasteiger partial charge in [0.2, 0.25) is 0 Å². The van der Waals surface area contributed by atoms with Crippen LogP contribution in [0.1, 0.15) is 28.4 Å². The number of nitriles is 2. The Hall–Kier alpha value is -3.17. The van der Waals surface area contributed by atoms with Crippen molar-refractivity contribution in [2.75, 3.05) is 0 Å². The third-order valence-corrected chi connectivity index (χ3v) is 5.20. The Morgan fingerprint density at radius 3 is 2.48 bits per heavy atom. The van der Waals surface area contributed by atoms with Crippen LogP contribution in [0.3, 0.4) is 0 Å². The third kappa shape index (κ3) is 4.64. The van der Waals surface area contributed by atoms with Gasteiger partial charge in [-0.05, 0) is 66.7 Å². The third-order valence-electron chi connectivity index (χ3n) is 4.46. The van der Waals surface area contributed by atoms with Crippen LogP contribution in [-0.2, 0) is 6.42 Å². The molecule has 1 aliphatic heterocycles. The molecular weight excluding hydrogens is 403 g/mol. The lowest BCUT2D eigenvalue weighted by Crippen LogP contribution is -2.55. The first-order chi connectivity index (χ1) is 13.6. The highest BCUT2D eigenvalue weighted by Gasteiger charge is 2.42. The minimum absolute atomic E-state index is 0.0417.